The Morgan fingerprint density at radius 1 is 1.12 bits per heavy atom. The number of benzene rings is 1. The van der Waals surface area contributed by atoms with Gasteiger partial charge < -0.3 is 16.4 Å². The van der Waals surface area contributed by atoms with Gasteiger partial charge in [-0.2, -0.15) is 13.2 Å². The standard InChI is InChI=1S/C21H24F3N8/c1-30-12-15(11-29-30)18-19(26)27-13-28-20(18)32-8-6-31(7-9-32)17(10-25)14-2-4-16(5-3-14)21(22,23)24/h2-5,12-13,17H,6-10,25H2,1H3,(H2,26,27,28)/q+1. The maximum atomic E-state index is 12.9. The maximum Gasteiger partial charge on any atom is 0.416 e. The SMILES string of the molecule is Cn1cc(-c2c(N)ncnc2N2CCN(C(CN)c3ccc(C(F)(F)F)cc3)CC2)c#[n+]1. The van der Waals surface area contributed by atoms with E-state index in [2.05, 4.69) is 31.1 Å². The Hall–Kier alpha value is -3.36. The van der Waals surface area contributed by atoms with E-state index in [1.807, 2.05) is 6.20 Å². The topological polar surface area (TPSA) is 103 Å². The molecule has 0 radical (unpaired) electrons. The monoisotopic (exact) mass is 445 g/mol. The largest absolute Gasteiger partial charge is 0.416 e. The maximum absolute atomic E-state index is 12.9. The lowest BCUT2D eigenvalue weighted by molar-refractivity contribution is -0.412. The van der Waals surface area contributed by atoms with Crippen LogP contribution in [0.1, 0.15) is 17.2 Å². The predicted molar refractivity (Wildman–Crippen MR) is 112 cm³/mol. The number of halogens is 3. The van der Waals surface area contributed by atoms with Crippen molar-refractivity contribution in [1.82, 2.24) is 19.5 Å². The highest BCUT2D eigenvalue weighted by molar-refractivity contribution is 5.82. The first-order valence-corrected chi connectivity index (χ1v) is 10.2. The second kappa shape index (κ2) is 8.64. The third-order valence-corrected chi connectivity index (χ3v) is 5.67. The molecule has 1 atom stereocenters. The Balaban J connectivity index is 1.50. The van der Waals surface area contributed by atoms with E-state index in [9.17, 15) is 13.2 Å². The minimum Gasteiger partial charge on any atom is -0.383 e. The van der Waals surface area contributed by atoms with Crippen molar-refractivity contribution in [3.8, 4) is 11.1 Å². The molecule has 11 heteroatoms. The van der Waals surface area contributed by atoms with Crippen LogP contribution < -0.4 is 21.5 Å². The summed E-state index contributed by atoms with van der Waals surface area (Å²) in [5.41, 5.74) is 13.7. The number of aromatic nitrogens is 4. The molecule has 1 saturated heterocycles. The number of nitrogens with two attached hydrogens (primary N) is 2. The van der Waals surface area contributed by atoms with Gasteiger partial charge >= 0.3 is 12.4 Å². The molecule has 0 aliphatic carbocycles. The highest BCUT2D eigenvalue weighted by Crippen LogP contribution is 2.34. The zero-order valence-corrected chi connectivity index (χ0v) is 17.5. The van der Waals surface area contributed by atoms with Crippen molar-refractivity contribution in [2.45, 2.75) is 12.2 Å². The van der Waals surface area contributed by atoms with E-state index >= 15 is 0 Å². The zero-order valence-electron chi connectivity index (χ0n) is 17.5. The summed E-state index contributed by atoms with van der Waals surface area (Å²) in [4.78, 5) is 12.9. The van der Waals surface area contributed by atoms with Gasteiger partial charge in [-0.05, 0) is 22.4 Å². The predicted octanol–water partition coefficient (Wildman–Crippen LogP) is 1.31. The van der Waals surface area contributed by atoms with Crippen LogP contribution in [0.25, 0.3) is 11.1 Å². The smallest absolute Gasteiger partial charge is 0.383 e. The summed E-state index contributed by atoms with van der Waals surface area (Å²) in [6.07, 6.45) is 1.82. The molecule has 1 unspecified atom stereocenters. The van der Waals surface area contributed by atoms with Gasteiger partial charge in [0.2, 0.25) is 0 Å². The van der Waals surface area contributed by atoms with Crippen LogP contribution in [0.5, 0.6) is 0 Å². The van der Waals surface area contributed by atoms with Gasteiger partial charge in [0, 0.05) is 38.8 Å². The lowest BCUT2D eigenvalue weighted by Gasteiger charge is -2.40. The molecule has 32 heavy (non-hydrogen) atoms. The van der Waals surface area contributed by atoms with E-state index in [-0.39, 0.29) is 6.04 Å². The van der Waals surface area contributed by atoms with Crippen molar-refractivity contribution in [3.63, 3.8) is 0 Å². The third kappa shape index (κ3) is 4.32. The van der Waals surface area contributed by atoms with Crippen molar-refractivity contribution in [2.75, 3.05) is 43.4 Å². The van der Waals surface area contributed by atoms with Crippen molar-refractivity contribution < 1.29 is 18.3 Å². The van der Waals surface area contributed by atoms with Crippen LogP contribution in [0.15, 0.2) is 36.8 Å². The molecule has 0 amide bonds. The number of hydrogen-bond acceptors (Lipinski definition) is 6. The molecule has 1 fully saturated rings. The molecule has 1 aliphatic rings. The van der Waals surface area contributed by atoms with Crippen molar-refractivity contribution >= 4 is 11.6 Å². The van der Waals surface area contributed by atoms with Crippen molar-refractivity contribution in [3.05, 3.63) is 54.1 Å². The van der Waals surface area contributed by atoms with Crippen LogP contribution in [0.2, 0.25) is 0 Å². The molecule has 8 nitrogen and oxygen atoms in total. The first kappa shape index (κ1) is 21.9. The average Bonchev–Trinajstić information content (AvgIpc) is 3.20. The second-order valence-corrected chi connectivity index (χ2v) is 7.68. The summed E-state index contributed by atoms with van der Waals surface area (Å²) in [6.45, 7) is 2.95. The Morgan fingerprint density at radius 2 is 1.81 bits per heavy atom. The van der Waals surface area contributed by atoms with Gasteiger partial charge in [0.05, 0.1) is 23.3 Å². The quantitative estimate of drug-likeness (QED) is 0.610. The molecule has 1 aromatic carbocycles. The Morgan fingerprint density at radius 3 is 2.38 bits per heavy atom. The molecule has 0 bridgehead atoms. The van der Waals surface area contributed by atoms with Gasteiger partial charge in [-0.15, -0.1) is 0 Å². The summed E-state index contributed by atoms with van der Waals surface area (Å²) in [6, 6.07) is 5.06. The molecular formula is C21H24F3N8+. The summed E-state index contributed by atoms with van der Waals surface area (Å²) >= 11 is 0. The Bertz CT molecular complexity index is 1060. The van der Waals surface area contributed by atoms with E-state index < -0.39 is 11.7 Å². The van der Waals surface area contributed by atoms with Crippen molar-refractivity contribution in [2.24, 2.45) is 12.8 Å². The van der Waals surface area contributed by atoms with Crippen molar-refractivity contribution in [1.29, 1.82) is 0 Å². The van der Waals surface area contributed by atoms with Gasteiger partial charge in [-0.1, -0.05) is 12.1 Å². The molecule has 3 heterocycles. The summed E-state index contributed by atoms with van der Waals surface area (Å²) in [5, 5.41) is 4.09. The molecule has 0 saturated carbocycles. The zero-order chi connectivity index (χ0) is 22.9. The lowest BCUT2D eigenvalue weighted by atomic mass is 10.0. The fourth-order valence-corrected chi connectivity index (χ4v) is 4.02. The first-order chi connectivity index (χ1) is 15.3. The third-order valence-electron chi connectivity index (χ3n) is 5.67. The number of aryl methyl sites for hydroxylation is 1. The van der Waals surface area contributed by atoms with Gasteiger partial charge in [-0.25, -0.2) is 9.97 Å². The number of nitrogen functional groups attached to an aromatic ring is 1. The van der Waals surface area contributed by atoms with Crippen LogP contribution >= 0.6 is 0 Å². The van der Waals surface area contributed by atoms with Crippen LogP contribution in [0.3, 0.4) is 0 Å². The number of anilines is 2. The van der Waals surface area contributed by atoms with E-state index in [1.54, 1.807) is 11.7 Å². The number of piperazine rings is 1. The molecule has 2 aromatic heterocycles. The fourth-order valence-electron chi connectivity index (χ4n) is 4.02. The number of nitrogens with zero attached hydrogens (tertiary/aromatic N) is 6. The first-order valence-electron chi connectivity index (χ1n) is 10.2. The van der Waals surface area contributed by atoms with E-state index in [1.165, 1.54) is 18.5 Å². The van der Waals surface area contributed by atoms with Crippen LogP contribution in [0.4, 0.5) is 24.8 Å². The molecule has 3 aromatic rings. The fraction of sp³-hybridized carbons (Fsp3) is 0.381. The molecular weight excluding hydrogens is 421 g/mol. The summed E-state index contributed by atoms with van der Waals surface area (Å²) in [7, 11) is 1.80. The lowest BCUT2D eigenvalue weighted by Crippen LogP contribution is -2.49. The van der Waals surface area contributed by atoms with Crippen LogP contribution in [-0.4, -0.2) is 52.3 Å². The molecule has 168 valence electrons. The molecule has 1 aliphatic heterocycles. The van der Waals surface area contributed by atoms with Gasteiger partial charge in [0.1, 0.15) is 29.7 Å². The summed E-state index contributed by atoms with van der Waals surface area (Å²) in [5.74, 6) is 1.06. The second-order valence-electron chi connectivity index (χ2n) is 7.68. The van der Waals surface area contributed by atoms with E-state index in [0.717, 1.165) is 17.7 Å². The summed E-state index contributed by atoms with van der Waals surface area (Å²) < 4.78 is 40.3. The normalized spacial score (nSPS) is 16.1. The Kier molecular flexibility index (Phi) is 5.90. The minimum absolute atomic E-state index is 0.166. The van der Waals surface area contributed by atoms with Crippen LogP contribution in [0, 0.1) is 6.20 Å². The van der Waals surface area contributed by atoms with E-state index in [4.69, 9.17) is 11.5 Å². The number of rotatable bonds is 5. The van der Waals surface area contributed by atoms with Gasteiger partial charge in [0.15, 0.2) is 0 Å². The Labute approximate surface area is 183 Å². The van der Waals surface area contributed by atoms with Gasteiger partial charge in [0.25, 0.3) is 0 Å². The van der Waals surface area contributed by atoms with Crippen LogP contribution in [-0.2, 0) is 13.2 Å². The highest BCUT2D eigenvalue weighted by Gasteiger charge is 2.31. The molecule has 0 spiro atoms. The molecule has 4 rings (SSSR count). The number of hydrogen-bond donors (Lipinski definition) is 2. The average molecular weight is 445 g/mol. The highest BCUT2D eigenvalue weighted by atomic mass is 19.4. The van der Waals surface area contributed by atoms with Gasteiger partial charge in [-0.3, -0.25) is 4.90 Å². The molecule has 4 N–H and O–H groups in total. The number of alkyl halides is 3. The minimum atomic E-state index is -4.36. The van der Waals surface area contributed by atoms with E-state index in [0.29, 0.717) is 55.5 Å².